The van der Waals surface area contributed by atoms with Crippen molar-refractivity contribution in [2.75, 3.05) is 13.2 Å². The normalized spacial score (nSPS) is 18.7. The molecule has 0 saturated carbocycles. The summed E-state index contributed by atoms with van der Waals surface area (Å²) < 4.78 is 5.52. The molecule has 104 valence electrons. The third-order valence-electron chi connectivity index (χ3n) is 3.26. The Balaban J connectivity index is 1.86. The zero-order valence-electron chi connectivity index (χ0n) is 10.6. The van der Waals surface area contributed by atoms with Gasteiger partial charge < -0.3 is 10.1 Å². The Hall–Kier alpha value is -1.17. The molecule has 0 aliphatic carbocycles. The Morgan fingerprint density at radius 3 is 3.05 bits per heavy atom. The van der Waals surface area contributed by atoms with Crippen molar-refractivity contribution in [3.63, 3.8) is 0 Å². The summed E-state index contributed by atoms with van der Waals surface area (Å²) >= 11 is 6.01. The molecule has 1 aromatic rings. The highest BCUT2D eigenvalue weighted by Crippen LogP contribution is 2.25. The van der Waals surface area contributed by atoms with Crippen molar-refractivity contribution < 1.29 is 9.66 Å². The Bertz CT molecular complexity index is 448. The van der Waals surface area contributed by atoms with Gasteiger partial charge in [0.05, 0.1) is 21.6 Å². The summed E-state index contributed by atoms with van der Waals surface area (Å²) in [5.41, 5.74) is 0.610. The number of hydrogen-bond acceptors (Lipinski definition) is 4. The summed E-state index contributed by atoms with van der Waals surface area (Å²) in [5, 5.41) is 14.5. The Labute approximate surface area is 117 Å². The fourth-order valence-corrected chi connectivity index (χ4v) is 2.48. The quantitative estimate of drug-likeness (QED) is 0.495. The molecule has 1 aliphatic rings. The Morgan fingerprint density at radius 2 is 2.37 bits per heavy atom. The Morgan fingerprint density at radius 1 is 1.53 bits per heavy atom. The number of nitro benzene ring substituents is 1. The number of ether oxygens (including phenoxy) is 1. The topological polar surface area (TPSA) is 64.4 Å². The number of benzene rings is 1. The van der Waals surface area contributed by atoms with Gasteiger partial charge in [-0.1, -0.05) is 17.7 Å². The number of nitrogens with one attached hydrogen (secondary N) is 1. The van der Waals surface area contributed by atoms with E-state index in [1.54, 1.807) is 12.1 Å². The van der Waals surface area contributed by atoms with Crippen molar-refractivity contribution in [1.29, 1.82) is 0 Å². The van der Waals surface area contributed by atoms with Crippen molar-refractivity contribution in [3.8, 4) is 0 Å². The fourth-order valence-electron chi connectivity index (χ4n) is 2.24. The summed E-state index contributed by atoms with van der Waals surface area (Å²) in [4.78, 5) is 10.5. The molecule has 0 bridgehead atoms. The molecule has 6 heteroatoms. The summed E-state index contributed by atoms with van der Waals surface area (Å²) in [6.07, 6.45) is 3.49. The average molecular weight is 285 g/mol. The highest BCUT2D eigenvalue weighted by molar-refractivity contribution is 6.31. The first-order valence-electron chi connectivity index (χ1n) is 6.42. The van der Waals surface area contributed by atoms with Crippen LogP contribution < -0.4 is 5.32 Å². The molecule has 1 fully saturated rings. The van der Waals surface area contributed by atoms with Gasteiger partial charge in [-0.25, -0.2) is 0 Å². The van der Waals surface area contributed by atoms with Crippen LogP contribution in [0.15, 0.2) is 18.2 Å². The average Bonchev–Trinajstić information content (AvgIpc) is 2.88. The van der Waals surface area contributed by atoms with Gasteiger partial charge in [0.25, 0.3) is 5.69 Å². The third kappa shape index (κ3) is 3.89. The first kappa shape index (κ1) is 14.2. The van der Waals surface area contributed by atoms with Gasteiger partial charge in [0.15, 0.2) is 0 Å². The molecule has 1 N–H and O–H groups in total. The maximum atomic E-state index is 10.9. The van der Waals surface area contributed by atoms with Gasteiger partial charge in [0.2, 0.25) is 0 Å². The molecule has 1 aliphatic heterocycles. The van der Waals surface area contributed by atoms with Crippen molar-refractivity contribution in [2.24, 2.45) is 0 Å². The lowest BCUT2D eigenvalue weighted by Crippen LogP contribution is -2.20. The number of rotatable bonds is 6. The monoisotopic (exact) mass is 284 g/mol. The van der Waals surface area contributed by atoms with Crippen molar-refractivity contribution in [1.82, 2.24) is 5.32 Å². The van der Waals surface area contributed by atoms with E-state index in [1.165, 1.54) is 6.07 Å². The third-order valence-corrected chi connectivity index (χ3v) is 3.61. The van der Waals surface area contributed by atoms with Gasteiger partial charge in [-0.15, -0.1) is 0 Å². The van der Waals surface area contributed by atoms with E-state index in [0.717, 1.165) is 32.4 Å². The van der Waals surface area contributed by atoms with E-state index in [-0.39, 0.29) is 5.69 Å². The molecule has 5 nitrogen and oxygen atoms in total. The van der Waals surface area contributed by atoms with E-state index in [0.29, 0.717) is 23.2 Å². The van der Waals surface area contributed by atoms with Crippen LogP contribution in [0.5, 0.6) is 0 Å². The molecule has 0 radical (unpaired) electrons. The van der Waals surface area contributed by atoms with E-state index in [9.17, 15) is 10.1 Å². The van der Waals surface area contributed by atoms with Crippen molar-refractivity contribution >= 4 is 17.3 Å². The van der Waals surface area contributed by atoms with Gasteiger partial charge in [0.1, 0.15) is 0 Å². The standard InChI is InChI=1S/C13H17ClN2O3/c14-12-4-1-5-13(16(17)18)11(12)9-15-7-6-10-3-2-8-19-10/h1,4-5,10,15H,2-3,6-9H2. The first-order valence-corrected chi connectivity index (χ1v) is 6.80. The minimum absolute atomic E-state index is 0.0668. The molecule has 0 spiro atoms. The van der Waals surface area contributed by atoms with E-state index >= 15 is 0 Å². The Kier molecular flexibility index (Phi) is 5.13. The van der Waals surface area contributed by atoms with Crippen molar-refractivity contribution in [2.45, 2.75) is 31.9 Å². The van der Waals surface area contributed by atoms with E-state index in [4.69, 9.17) is 16.3 Å². The second-order valence-corrected chi connectivity index (χ2v) is 5.00. The van der Waals surface area contributed by atoms with Crippen LogP contribution in [0.25, 0.3) is 0 Å². The van der Waals surface area contributed by atoms with Crippen LogP contribution in [0.4, 0.5) is 5.69 Å². The lowest BCUT2D eigenvalue weighted by Gasteiger charge is -2.10. The van der Waals surface area contributed by atoms with Crippen LogP contribution in [-0.2, 0) is 11.3 Å². The zero-order chi connectivity index (χ0) is 13.7. The van der Waals surface area contributed by atoms with Crippen LogP contribution in [-0.4, -0.2) is 24.2 Å². The number of halogens is 1. The minimum atomic E-state index is -0.400. The lowest BCUT2D eigenvalue weighted by molar-refractivity contribution is -0.385. The van der Waals surface area contributed by atoms with Crippen LogP contribution in [0, 0.1) is 10.1 Å². The molecule has 1 saturated heterocycles. The predicted molar refractivity (Wildman–Crippen MR) is 73.4 cm³/mol. The smallest absolute Gasteiger partial charge is 0.275 e. The van der Waals surface area contributed by atoms with Gasteiger partial charge in [0, 0.05) is 19.2 Å². The molecule has 19 heavy (non-hydrogen) atoms. The summed E-state index contributed by atoms with van der Waals surface area (Å²) in [5.74, 6) is 0. The molecule has 1 atom stereocenters. The largest absolute Gasteiger partial charge is 0.378 e. The molecular formula is C13H17ClN2O3. The SMILES string of the molecule is O=[N+]([O-])c1cccc(Cl)c1CNCCC1CCCO1. The number of nitrogens with zero attached hydrogens (tertiary/aromatic N) is 1. The molecule has 0 aromatic heterocycles. The summed E-state index contributed by atoms with van der Waals surface area (Å²) in [6, 6.07) is 4.74. The number of nitro groups is 1. The van der Waals surface area contributed by atoms with Gasteiger partial charge in [-0.05, 0) is 31.9 Å². The fraction of sp³-hybridized carbons (Fsp3) is 0.538. The molecule has 0 amide bonds. The maximum Gasteiger partial charge on any atom is 0.275 e. The maximum absolute atomic E-state index is 10.9. The van der Waals surface area contributed by atoms with E-state index in [1.807, 2.05) is 0 Å². The molecule has 1 heterocycles. The summed E-state index contributed by atoms with van der Waals surface area (Å²) in [6.45, 7) is 2.02. The van der Waals surface area contributed by atoms with Crippen LogP contribution in [0.2, 0.25) is 5.02 Å². The molecule has 2 rings (SSSR count). The summed E-state index contributed by atoms with van der Waals surface area (Å²) in [7, 11) is 0. The van der Waals surface area contributed by atoms with Gasteiger partial charge in [-0.3, -0.25) is 10.1 Å². The highest BCUT2D eigenvalue weighted by Gasteiger charge is 2.17. The van der Waals surface area contributed by atoms with Crippen LogP contribution >= 0.6 is 11.6 Å². The lowest BCUT2D eigenvalue weighted by atomic mass is 10.1. The van der Waals surface area contributed by atoms with E-state index < -0.39 is 4.92 Å². The van der Waals surface area contributed by atoms with Gasteiger partial charge >= 0.3 is 0 Å². The predicted octanol–water partition coefficient (Wildman–Crippen LogP) is 2.91. The van der Waals surface area contributed by atoms with Crippen LogP contribution in [0.3, 0.4) is 0 Å². The molecule has 1 unspecified atom stereocenters. The van der Waals surface area contributed by atoms with Gasteiger partial charge in [-0.2, -0.15) is 0 Å². The minimum Gasteiger partial charge on any atom is -0.378 e. The second kappa shape index (κ2) is 6.84. The number of hydrogen-bond donors (Lipinski definition) is 1. The first-order chi connectivity index (χ1) is 9.18. The second-order valence-electron chi connectivity index (χ2n) is 4.60. The highest BCUT2D eigenvalue weighted by atomic mass is 35.5. The molecule has 1 aromatic carbocycles. The van der Waals surface area contributed by atoms with Crippen LogP contribution in [0.1, 0.15) is 24.8 Å². The van der Waals surface area contributed by atoms with Crippen molar-refractivity contribution in [3.05, 3.63) is 38.9 Å². The zero-order valence-corrected chi connectivity index (χ0v) is 11.4. The van der Waals surface area contributed by atoms with E-state index in [2.05, 4.69) is 5.32 Å². The molecular weight excluding hydrogens is 268 g/mol.